The van der Waals surface area contributed by atoms with Crippen molar-refractivity contribution in [3.63, 3.8) is 0 Å². The lowest BCUT2D eigenvalue weighted by molar-refractivity contribution is 0.0618. The van der Waals surface area contributed by atoms with Crippen LogP contribution in [0.4, 0.5) is 0 Å². The Kier molecular flexibility index (Phi) is 4.08. The fourth-order valence-corrected chi connectivity index (χ4v) is 4.80. The highest BCUT2D eigenvalue weighted by Gasteiger charge is 2.35. The summed E-state index contributed by atoms with van der Waals surface area (Å²) in [5, 5.41) is 11.4. The largest absolute Gasteiger partial charge is 0.490 e. The predicted molar refractivity (Wildman–Crippen MR) is 99.4 cm³/mol. The topological polar surface area (TPSA) is 70.2 Å². The second-order valence-electron chi connectivity index (χ2n) is 8.02. The monoisotopic (exact) mass is 354 g/mol. The van der Waals surface area contributed by atoms with Crippen molar-refractivity contribution in [2.24, 2.45) is 5.92 Å². The van der Waals surface area contributed by atoms with Gasteiger partial charge in [0.2, 0.25) is 0 Å². The number of hydrogen-bond acceptors (Lipinski definition) is 4. The van der Waals surface area contributed by atoms with E-state index in [1.165, 1.54) is 38.8 Å². The molecule has 1 aromatic carbocycles. The van der Waals surface area contributed by atoms with Crippen LogP contribution in [0.1, 0.15) is 49.0 Å². The first kappa shape index (κ1) is 16.1. The third-order valence-corrected chi connectivity index (χ3v) is 6.33. The number of aromatic amines is 1. The number of ether oxygens (including phenoxy) is 1. The summed E-state index contributed by atoms with van der Waals surface area (Å²) in [4.78, 5) is 15.3. The molecular formula is C20H26N4O2. The zero-order valence-corrected chi connectivity index (χ0v) is 15.0. The second-order valence-corrected chi connectivity index (χ2v) is 8.02. The molecule has 1 aromatic heterocycles. The van der Waals surface area contributed by atoms with Crippen molar-refractivity contribution in [2.45, 2.75) is 50.7 Å². The van der Waals surface area contributed by atoms with Crippen molar-refractivity contribution < 1.29 is 9.53 Å². The van der Waals surface area contributed by atoms with Crippen LogP contribution < -0.4 is 10.1 Å². The normalized spacial score (nSPS) is 28.5. The quantitative estimate of drug-likeness (QED) is 0.886. The second kappa shape index (κ2) is 6.58. The van der Waals surface area contributed by atoms with Gasteiger partial charge in [-0.15, -0.1) is 0 Å². The van der Waals surface area contributed by atoms with E-state index in [2.05, 4.69) is 20.4 Å². The number of piperidine rings is 3. The number of hydrogen-bond donors (Lipinski definition) is 2. The Balaban J connectivity index is 1.35. The van der Waals surface area contributed by atoms with Crippen molar-refractivity contribution in [3.8, 4) is 5.75 Å². The summed E-state index contributed by atoms with van der Waals surface area (Å²) in [6, 6.07) is 6.13. The average molecular weight is 354 g/mol. The minimum Gasteiger partial charge on any atom is -0.490 e. The zero-order valence-electron chi connectivity index (χ0n) is 15.0. The number of benzene rings is 1. The molecule has 3 aliphatic heterocycles. The summed E-state index contributed by atoms with van der Waals surface area (Å²) in [7, 11) is 0. The fraction of sp³-hybridized carbons (Fsp3) is 0.600. The lowest BCUT2D eigenvalue weighted by atomic mass is 9.84. The fourth-order valence-electron chi connectivity index (χ4n) is 4.80. The Morgan fingerprint density at radius 3 is 2.73 bits per heavy atom. The van der Waals surface area contributed by atoms with Gasteiger partial charge in [0, 0.05) is 18.0 Å². The van der Waals surface area contributed by atoms with Crippen LogP contribution in [0.25, 0.3) is 10.9 Å². The smallest absolute Gasteiger partial charge is 0.272 e. The number of carbonyl (C=O) groups is 1. The summed E-state index contributed by atoms with van der Waals surface area (Å²) in [5.74, 6) is 1.37. The van der Waals surface area contributed by atoms with Gasteiger partial charge >= 0.3 is 0 Å². The highest BCUT2D eigenvalue weighted by Crippen LogP contribution is 2.29. The Labute approximate surface area is 153 Å². The van der Waals surface area contributed by atoms with Crippen molar-refractivity contribution >= 4 is 16.8 Å². The first-order valence-corrected chi connectivity index (χ1v) is 9.94. The third-order valence-electron chi connectivity index (χ3n) is 6.33. The molecule has 1 atom stereocenters. The molecule has 1 saturated carbocycles. The van der Waals surface area contributed by atoms with Crippen LogP contribution in [0.15, 0.2) is 18.2 Å². The molecule has 26 heavy (non-hydrogen) atoms. The summed E-state index contributed by atoms with van der Waals surface area (Å²) in [6.07, 6.45) is 7.41. The number of H-pyrrole nitrogens is 1. The SMILES string of the molecule is O=C(N[C@@H]1CN2CCC1CC2)c1n[nH]c2ccc(OC3CCCC3)cc12. The van der Waals surface area contributed by atoms with E-state index in [9.17, 15) is 4.79 Å². The molecule has 0 radical (unpaired) electrons. The number of carbonyl (C=O) groups excluding carboxylic acids is 1. The number of amides is 1. The first-order chi connectivity index (χ1) is 12.8. The molecule has 4 fully saturated rings. The minimum atomic E-state index is -0.0759. The summed E-state index contributed by atoms with van der Waals surface area (Å²) >= 11 is 0. The van der Waals surface area contributed by atoms with Crippen molar-refractivity contribution in [3.05, 3.63) is 23.9 Å². The predicted octanol–water partition coefficient (Wildman–Crippen LogP) is 2.71. The molecule has 0 unspecified atom stereocenters. The molecule has 4 aliphatic rings. The van der Waals surface area contributed by atoms with E-state index in [1.807, 2.05) is 18.2 Å². The Morgan fingerprint density at radius 1 is 1.19 bits per heavy atom. The molecule has 0 spiro atoms. The molecule has 1 aliphatic carbocycles. The first-order valence-electron chi connectivity index (χ1n) is 9.94. The molecule has 6 nitrogen and oxygen atoms in total. The van der Waals surface area contributed by atoms with Crippen LogP contribution in [-0.4, -0.2) is 52.8 Å². The van der Waals surface area contributed by atoms with Crippen molar-refractivity contribution in [2.75, 3.05) is 19.6 Å². The van der Waals surface area contributed by atoms with E-state index < -0.39 is 0 Å². The maximum absolute atomic E-state index is 12.9. The summed E-state index contributed by atoms with van der Waals surface area (Å²) in [5.41, 5.74) is 1.36. The number of nitrogens with one attached hydrogen (secondary N) is 2. The minimum absolute atomic E-state index is 0.0759. The van der Waals surface area contributed by atoms with Gasteiger partial charge in [-0.1, -0.05) is 0 Å². The molecule has 138 valence electrons. The van der Waals surface area contributed by atoms with Gasteiger partial charge in [-0.25, -0.2) is 0 Å². The molecule has 6 heteroatoms. The standard InChI is InChI=1S/C20H26N4O2/c25-20(21-18-12-24-9-7-13(18)8-10-24)19-16-11-15(5-6-17(16)22-23-19)26-14-3-1-2-4-14/h5-6,11,13-14,18H,1-4,7-10,12H2,(H,21,25)(H,22,23)/t18-/m1/s1. The van der Waals surface area contributed by atoms with Crippen LogP contribution in [-0.2, 0) is 0 Å². The van der Waals surface area contributed by atoms with Crippen molar-refractivity contribution in [1.29, 1.82) is 0 Å². The maximum Gasteiger partial charge on any atom is 0.272 e. The Bertz CT molecular complexity index is 803. The van der Waals surface area contributed by atoms with Crippen LogP contribution in [0, 0.1) is 5.92 Å². The number of nitrogens with zero attached hydrogens (tertiary/aromatic N) is 2. The van der Waals surface area contributed by atoms with Gasteiger partial charge < -0.3 is 15.0 Å². The van der Waals surface area contributed by atoms with Gasteiger partial charge in [-0.3, -0.25) is 9.89 Å². The van der Waals surface area contributed by atoms with Crippen LogP contribution in [0.3, 0.4) is 0 Å². The Morgan fingerprint density at radius 2 is 2.00 bits per heavy atom. The van der Waals surface area contributed by atoms with Gasteiger partial charge in [0.25, 0.3) is 5.91 Å². The molecule has 6 rings (SSSR count). The van der Waals surface area contributed by atoms with Gasteiger partial charge in [-0.05, 0) is 75.7 Å². The summed E-state index contributed by atoms with van der Waals surface area (Å²) < 4.78 is 6.10. The lowest BCUT2D eigenvalue weighted by Gasteiger charge is -2.44. The number of fused-ring (bicyclic) bond motifs is 4. The van der Waals surface area contributed by atoms with E-state index in [4.69, 9.17) is 4.74 Å². The van der Waals surface area contributed by atoms with Crippen LogP contribution in [0.2, 0.25) is 0 Å². The highest BCUT2D eigenvalue weighted by atomic mass is 16.5. The van der Waals surface area contributed by atoms with Gasteiger partial charge in [-0.2, -0.15) is 5.10 Å². The molecule has 2 bridgehead atoms. The number of rotatable bonds is 4. The van der Waals surface area contributed by atoms with Crippen LogP contribution in [0.5, 0.6) is 5.75 Å². The molecule has 2 N–H and O–H groups in total. The number of aromatic nitrogens is 2. The van der Waals surface area contributed by atoms with E-state index >= 15 is 0 Å². The Hall–Kier alpha value is -2.08. The lowest BCUT2D eigenvalue weighted by Crippen LogP contribution is -2.57. The molecule has 2 aromatic rings. The van der Waals surface area contributed by atoms with Crippen molar-refractivity contribution in [1.82, 2.24) is 20.4 Å². The van der Waals surface area contributed by atoms with E-state index in [0.717, 1.165) is 36.0 Å². The zero-order chi connectivity index (χ0) is 17.5. The maximum atomic E-state index is 12.9. The van der Waals surface area contributed by atoms with Crippen LogP contribution >= 0.6 is 0 Å². The van der Waals surface area contributed by atoms with Gasteiger partial charge in [0.1, 0.15) is 5.75 Å². The third kappa shape index (κ3) is 2.96. The van der Waals surface area contributed by atoms with Gasteiger partial charge in [0.05, 0.1) is 11.6 Å². The van der Waals surface area contributed by atoms with E-state index in [1.54, 1.807) is 0 Å². The van der Waals surface area contributed by atoms with Gasteiger partial charge in [0.15, 0.2) is 5.69 Å². The van der Waals surface area contributed by atoms with E-state index in [-0.39, 0.29) is 11.9 Å². The molecule has 3 saturated heterocycles. The molecule has 4 heterocycles. The highest BCUT2D eigenvalue weighted by molar-refractivity contribution is 6.05. The van der Waals surface area contributed by atoms with E-state index in [0.29, 0.717) is 17.7 Å². The average Bonchev–Trinajstić information content (AvgIpc) is 3.32. The molecule has 1 amide bonds. The summed E-state index contributed by atoms with van der Waals surface area (Å²) in [6.45, 7) is 3.31. The molecular weight excluding hydrogens is 328 g/mol.